The summed E-state index contributed by atoms with van der Waals surface area (Å²) in [4.78, 5) is 15.3. The fourth-order valence-corrected chi connectivity index (χ4v) is 6.43. The topological polar surface area (TPSA) is 69.2 Å². The van der Waals surface area contributed by atoms with E-state index >= 15 is 0 Å². The molecule has 142 valence electrons. The Labute approximate surface area is 159 Å². The molecule has 2 N–H and O–H groups in total. The van der Waals surface area contributed by atoms with Crippen LogP contribution in [0.2, 0.25) is 0 Å². The van der Waals surface area contributed by atoms with E-state index in [1.54, 1.807) is 0 Å². The van der Waals surface area contributed by atoms with E-state index in [4.69, 9.17) is 0 Å². The minimum atomic E-state index is -0.494. The third-order valence-electron chi connectivity index (χ3n) is 7.48. The maximum absolute atomic E-state index is 13.1. The molecule has 27 heavy (non-hydrogen) atoms. The van der Waals surface area contributed by atoms with Gasteiger partial charge in [-0.1, -0.05) is 12.1 Å². The monoisotopic (exact) mass is 365 g/mol. The Morgan fingerprint density at radius 3 is 2.70 bits per heavy atom. The van der Waals surface area contributed by atoms with E-state index in [9.17, 15) is 9.90 Å². The molecule has 7 rings (SSSR count). The van der Waals surface area contributed by atoms with E-state index in [2.05, 4.69) is 33.3 Å². The molecule has 2 atom stereocenters. The van der Waals surface area contributed by atoms with Gasteiger partial charge in [-0.3, -0.25) is 9.89 Å². The Bertz CT molecular complexity index is 899. The predicted octanol–water partition coefficient (Wildman–Crippen LogP) is 3.28. The quantitative estimate of drug-likeness (QED) is 0.874. The fraction of sp³-hybridized carbons (Fsp3) is 0.636. The van der Waals surface area contributed by atoms with Crippen LogP contribution in [0.3, 0.4) is 0 Å². The van der Waals surface area contributed by atoms with Crippen molar-refractivity contribution in [2.24, 2.45) is 5.92 Å². The molecule has 3 aliphatic carbocycles. The number of benzene rings is 1. The highest BCUT2D eigenvalue weighted by Crippen LogP contribution is 2.51. The number of carbonyl (C=O) groups excluding carboxylic acids is 1. The zero-order chi connectivity index (χ0) is 18.2. The summed E-state index contributed by atoms with van der Waals surface area (Å²) in [6.07, 6.45) is 8.48. The lowest BCUT2D eigenvalue weighted by Gasteiger charge is -2.59. The van der Waals surface area contributed by atoms with Gasteiger partial charge in [0.2, 0.25) is 5.91 Å². The Morgan fingerprint density at radius 1 is 1.22 bits per heavy atom. The SMILES string of the molecule is O=C(CCc1[nH]nc2cccc(C3CC3)c12)N1C2CC3CC1CC(O)(C3)C2. The van der Waals surface area contributed by atoms with Crippen molar-refractivity contribution in [3.63, 3.8) is 0 Å². The van der Waals surface area contributed by atoms with Gasteiger partial charge in [-0.25, -0.2) is 0 Å². The number of aryl methyl sites for hydroxylation is 1. The first-order chi connectivity index (χ1) is 13.1. The minimum Gasteiger partial charge on any atom is -0.390 e. The molecule has 5 heteroatoms. The molecule has 2 unspecified atom stereocenters. The predicted molar refractivity (Wildman–Crippen MR) is 102 cm³/mol. The van der Waals surface area contributed by atoms with Gasteiger partial charge in [-0.15, -0.1) is 0 Å². The van der Waals surface area contributed by atoms with E-state index < -0.39 is 5.60 Å². The third-order valence-corrected chi connectivity index (χ3v) is 7.48. The van der Waals surface area contributed by atoms with Crippen molar-refractivity contribution in [1.82, 2.24) is 15.1 Å². The molecule has 4 bridgehead atoms. The van der Waals surface area contributed by atoms with Crippen molar-refractivity contribution in [1.29, 1.82) is 0 Å². The number of aliphatic hydroxyl groups is 1. The Balaban J connectivity index is 1.21. The zero-order valence-corrected chi connectivity index (χ0v) is 15.7. The average Bonchev–Trinajstić information content (AvgIpc) is 3.38. The van der Waals surface area contributed by atoms with Crippen LogP contribution >= 0.6 is 0 Å². The van der Waals surface area contributed by atoms with Crippen LogP contribution in [-0.2, 0) is 11.2 Å². The lowest BCUT2D eigenvalue weighted by Crippen LogP contribution is -2.65. The molecule has 1 amide bonds. The first kappa shape index (κ1) is 16.1. The zero-order valence-electron chi connectivity index (χ0n) is 15.7. The summed E-state index contributed by atoms with van der Waals surface area (Å²) in [5.74, 6) is 1.56. The molecule has 0 spiro atoms. The van der Waals surface area contributed by atoms with Crippen molar-refractivity contribution >= 4 is 16.8 Å². The number of hydrogen-bond acceptors (Lipinski definition) is 3. The van der Waals surface area contributed by atoms with Crippen LogP contribution < -0.4 is 0 Å². The number of hydrogen-bond donors (Lipinski definition) is 2. The van der Waals surface area contributed by atoms with Gasteiger partial charge in [0.05, 0.1) is 11.1 Å². The van der Waals surface area contributed by atoms with E-state index in [0.717, 1.165) is 49.7 Å². The summed E-state index contributed by atoms with van der Waals surface area (Å²) in [5, 5.41) is 19.7. The number of piperidine rings is 2. The summed E-state index contributed by atoms with van der Waals surface area (Å²) >= 11 is 0. The lowest BCUT2D eigenvalue weighted by atomic mass is 9.61. The fourth-order valence-electron chi connectivity index (χ4n) is 6.43. The van der Waals surface area contributed by atoms with Crippen molar-refractivity contribution < 1.29 is 9.90 Å². The highest BCUT2D eigenvalue weighted by molar-refractivity contribution is 5.86. The molecular formula is C22H27N3O2. The standard InChI is InChI=1S/C22H27N3O2/c26-20(25-15-8-13-9-16(25)12-22(27,10-13)11-15)7-6-19-21-17(14-4-5-14)2-1-3-18(21)23-24-19/h1-3,13-16,27H,4-12H2,(H,23,24). The number of aromatic amines is 1. The van der Waals surface area contributed by atoms with Crippen LogP contribution in [0.25, 0.3) is 10.9 Å². The molecule has 3 heterocycles. The molecule has 0 radical (unpaired) electrons. The minimum absolute atomic E-state index is 0.259. The van der Waals surface area contributed by atoms with E-state index in [1.165, 1.54) is 23.8 Å². The van der Waals surface area contributed by atoms with Crippen LogP contribution in [-0.4, -0.2) is 43.8 Å². The summed E-state index contributed by atoms with van der Waals surface area (Å²) in [6, 6.07) is 6.90. The summed E-state index contributed by atoms with van der Waals surface area (Å²) in [5.41, 5.74) is 3.05. The second-order valence-electron chi connectivity index (χ2n) is 9.50. The second-order valence-corrected chi connectivity index (χ2v) is 9.50. The highest BCUT2D eigenvalue weighted by Gasteiger charge is 2.54. The molecule has 3 saturated carbocycles. The highest BCUT2D eigenvalue weighted by atomic mass is 16.3. The first-order valence-corrected chi connectivity index (χ1v) is 10.6. The number of aromatic nitrogens is 2. The van der Waals surface area contributed by atoms with Gasteiger partial charge < -0.3 is 10.0 Å². The van der Waals surface area contributed by atoms with Crippen LogP contribution in [0.4, 0.5) is 0 Å². The number of nitrogens with zero attached hydrogens (tertiary/aromatic N) is 2. The summed E-state index contributed by atoms with van der Waals surface area (Å²) in [6.45, 7) is 0. The molecular weight excluding hydrogens is 338 g/mol. The van der Waals surface area contributed by atoms with Crippen LogP contribution in [0.5, 0.6) is 0 Å². The Kier molecular flexibility index (Phi) is 3.32. The number of rotatable bonds is 4. The van der Waals surface area contributed by atoms with Crippen molar-refractivity contribution in [3.8, 4) is 0 Å². The van der Waals surface area contributed by atoms with Crippen LogP contribution in [0.15, 0.2) is 18.2 Å². The van der Waals surface area contributed by atoms with Crippen LogP contribution in [0, 0.1) is 5.92 Å². The van der Waals surface area contributed by atoms with Gasteiger partial charge in [-0.05, 0) is 74.8 Å². The molecule has 5 nitrogen and oxygen atoms in total. The van der Waals surface area contributed by atoms with Gasteiger partial charge in [0.1, 0.15) is 0 Å². The molecule has 2 aliphatic heterocycles. The summed E-state index contributed by atoms with van der Waals surface area (Å²) in [7, 11) is 0. The molecule has 5 fully saturated rings. The van der Waals surface area contributed by atoms with Crippen molar-refractivity contribution in [3.05, 3.63) is 29.5 Å². The van der Waals surface area contributed by atoms with Gasteiger partial charge in [0, 0.05) is 29.6 Å². The normalized spacial score (nSPS) is 34.6. The molecule has 1 aromatic heterocycles. The van der Waals surface area contributed by atoms with Gasteiger partial charge >= 0.3 is 0 Å². The second kappa shape index (κ2) is 5.57. The molecule has 1 aromatic carbocycles. The Hall–Kier alpha value is -1.88. The van der Waals surface area contributed by atoms with Crippen molar-refractivity contribution in [2.75, 3.05) is 0 Å². The van der Waals surface area contributed by atoms with Gasteiger partial charge in [0.15, 0.2) is 0 Å². The number of fused-ring (bicyclic) bond motifs is 1. The lowest BCUT2D eigenvalue weighted by molar-refractivity contribution is -0.174. The average molecular weight is 365 g/mol. The van der Waals surface area contributed by atoms with E-state index in [-0.39, 0.29) is 18.0 Å². The molecule has 2 aromatic rings. The van der Waals surface area contributed by atoms with Gasteiger partial charge in [-0.2, -0.15) is 5.10 Å². The maximum atomic E-state index is 13.1. The number of nitrogens with one attached hydrogen (secondary N) is 1. The largest absolute Gasteiger partial charge is 0.390 e. The Morgan fingerprint density at radius 2 is 2.00 bits per heavy atom. The smallest absolute Gasteiger partial charge is 0.223 e. The third kappa shape index (κ3) is 2.54. The number of carbonyl (C=O) groups is 1. The first-order valence-electron chi connectivity index (χ1n) is 10.6. The van der Waals surface area contributed by atoms with E-state index in [0.29, 0.717) is 18.3 Å². The number of amides is 1. The van der Waals surface area contributed by atoms with Crippen molar-refractivity contribution in [2.45, 2.75) is 81.4 Å². The van der Waals surface area contributed by atoms with E-state index in [1.807, 2.05) is 0 Å². The molecule has 5 aliphatic rings. The maximum Gasteiger partial charge on any atom is 0.223 e. The summed E-state index contributed by atoms with van der Waals surface area (Å²) < 4.78 is 0. The molecule has 2 saturated heterocycles. The van der Waals surface area contributed by atoms with Gasteiger partial charge in [0.25, 0.3) is 0 Å². The number of H-pyrrole nitrogens is 1. The van der Waals surface area contributed by atoms with Crippen LogP contribution in [0.1, 0.15) is 68.5 Å².